The lowest BCUT2D eigenvalue weighted by molar-refractivity contribution is 0.151. The largest absolute Gasteiger partial charge is 0.310 e. The maximum Gasteiger partial charge on any atom is 0.263 e. The minimum atomic E-state index is -2.38. The molecule has 1 N–H and O–H groups in total. The molecule has 1 fully saturated rings. The third kappa shape index (κ3) is 4.27. The van der Waals surface area contributed by atoms with E-state index in [1.54, 1.807) is 12.1 Å². The minimum Gasteiger partial charge on any atom is -0.310 e. The molecule has 106 valence electrons. The van der Waals surface area contributed by atoms with Gasteiger partial charge in [0.25, 0.3) is 6.43 Å². The van der Waals surface area contributed by atoms with E-state index in [0.717, 1.165) is 11.5 Å². The van der Waals surface area contributed by atoms with Crippen molar-refractivity contribution < 1.29 is 8.78 Å². The van der Waals surface area contributed by atoms with Gasteiger partial charge in [0.05, 0.1) is 0 Å². The Hall–Kier alpha value is -0.960. The normalized spacial score (nSPS) is 18.7. The molecule has 19 heavy (non-hydrogen) atoms. The first kappa shape index (κ1) is 14.4. The molecule has 1 nitrogen and oxygen atoms in total. The van der Waals surface area contributed by atoms with Crippen LogP contribution in [0.15, 0.2) is 24.3 Å². The molecule has 0 bridgehead atoms. The van der Waals surface area contributed by atoms with Crippen LogP contribution >= 0.6 is 0 Å². The van der Waals surface area contributed by atoms with Crippen molar-refractivity contribution in [3.05, 3.63) is 35.4 Å². The van der Waals surface area contributed by atoms with Gasteiger partial charge in [0.15, 0.2) is 0 Å². The molecule has 0 amide bonds. The molecule has 2 rings (SSSR count). The van der Waals surface area contributed by atoms with Crippen LogP contribution < -0.4 is 5.32 Å². The number of nitrogens with one attached hydrogen (secondary N) is 1. The van der Waals surface area contributed by atoms with E-state index >= 15 is 0 Å². The molecule has 1 atom stereocenters. The molecule has 0 aliphatic heterocycles. The molecule has 0 aromatic heterocycles. The molecule has 1 aromatic rings. The second-order valence-electron chi connectivity index (χ2n) is 5.61. The molecular weight excluding hydrogens is 244 g/mol. The number of hydrogen-bond acceptors (Lipinski definition) is 1. The highest BCUT2D eigenvalue weighted by Gasteiger charge is 2.19. The van der Waals surface area contributed by atoms with Crippen molar-refractivity contribution in [3.8, 4) is 0 Å². The van der Waals surface area contributed by atoms with E-state index < -0.39 is 6.43 Å². The number of hydrogen-bond donors (Lipinski definition) is 1. The molecule has 1 aliphatic rings. The van der Waals surface area contributed by atoms with Crippen molar-refractivity contribution >= 4 is 0 Å². The first-order valence-electron chi connectivity index (χ1n) is 7.27. The van der Waals surface area contributed by atoms with Crippen molar-refractivity contribution in [3.63, 3.8) is 0 Å². The van der Waals surface area contributed by atoms with E-state index in [4.69, 9.17) is 0 Å². The Balaban J connectivity index is 1.85. The molecule has 0 radical (unpaired) electrons. The SMILES string of the molecule is CC(NCc1cccc(C(F)F)c1)C1CCCCC1. The molecule has 1 aromatic carbocycles. The summed E-state index contributed by atoms with van der Waals surface area (Å²) in [5, 5.41) is 3.49. The highest BCUT2D eigenvalue weighted by molar-refractivity contribution is 5.24. The van der Waals surface area contributed by atoms with Crippen LogP contribution in [0.5, 0.6) is 0 Å². The highest BCUT2D eigenvalue weighted by atomic mass is 19.3. The zero-order valence-electron chi connectivity index (χ0n) is 11.5. The van der Waals surface area contributed by atoms with E-state index in [1.807, 2.05) is 6.07 Å². The predicted molar refractivity (Wildman–Crippen MR) is 74.3 cm³/mol. The quantitative estimate of drug-likeness (QED) is 0.816. The summed E-state index contributed by atoms with van der Waals surface area (Å²) in [6, 6.07) is 7.18. The third-order valence-corrected chi connectivity index (χ3v) is 4.19. The summed E-state index contributed by atoms with van der Waals surface area (Å²) < 4.78 is 25.2. The number of alkyl halides is 2. The molecular formula is C16H23F2N. The van der Waals surface area contributed by atoms with Gasteiger partial charge in [-0.25, -0.2) is 8.78 Å². The zero-order chi connectivity index (χ0) is 13.7. The molecule has 0 spiro atoms. The molecule has 1 aliphatic carbocycles. The summed E-state index contributed by atoms with van der Waals surface area (Å²) >= 11 is 0. The smallest absolute Gasteiger partial charge is 0.263 e. The highest BCUT2D eigenvalue weighted by Crippen LogP contribution is 2.26. The van der Waals surface area contributed by atoms with Crippen molar-refractivity contribution in [1.82, 2.24) is 5.32 Å². The Morgan fingerprint density at radius 2 is 1.95 bits per heavy atom. The molecule has 1 unspecified atom stereocenters. The van der Waals surface area contributed by atoms with Gasteiger partial charge in [-0.15, -0.1) is 0 Å². The van der Waals surface area contributed by atoms with Crippen LogP contribution in [0.2, 0.25) is 0 Å². The Bertz CT molecular complexity index is 386. The molecule has 0 heterocycles. The summed E-state index contributed by atoms with van der Waals surface area (Å²) in [6.45, 7) is 2.89. The maximum absolute atomic E-state index is 12.6. The van der Waals surface area contributed by atoms with Gasteiger partial charge in [0.1, 0.15) is 0 Å². The van der Waals surface area contributed by atoms with Gasteiger partial charge in [0.2, 0.25) is 0 Å². The average molecular weight is 267 g/mol. The minimum absolute atomic E-state index is 0.115. The third-order valence-electron chi connectivity index (χ3n) is 4.19. The van der Waals surface area contributed by atoms with E-state index in [2.05, 4.69) is 12.2 Å². The topological polar surface area (TPSA) is 12.0 Å². The fourth-order valence-electron chi connectivity index (χ4n) is 2.92. The van der Waals surface area contributed by atoms with Gasteiger partial charge >= 0.3 is 0 Å². The lowest BCUT2D eigenvalue weighted by Crippen LogP contribution is -2.34. The van der Waals surface area contributed by atoms with Crippen LogP contribution in [0.1, 0.15) is 56.6 Å². The number of benzene rings is 1. The second kappa shape index (κ2) is 6.99. The Labute approximate surface area is 114 Å². The Kier molecular flexibility index (Phi) is 5.32. The van der Waals surface area contributed by atoms with Crippen molar-refractivity contribution in [2.75, 3.05) is 0 Å². The monoisotopic (exact) mass is 267 g/mol. The van der Waals surface area contributed by atoms with Crippen LogP contribution in [0.4, 0.5) is 8.78 Å². The first-order valence-corrected chi connectivity index (χ1v) is 7.27. The summed E-state index contributed by atoms with van der Waals surface area (Å²) in [6.07, 6.45) is 4.24. The fraction of sp³-hybridized carbons (Fsp3) is 0.625. The first-order chi connectivity index (χ1) is 9.16. The Morgan fingerprint density at radius 3 is 2.63 bits per heavy atom. The van der Waals surface area contributed by atoms with Gasteiger partial charge in [-0.05, 0) is 37.3 Å². The van der Waals surface area contributed by atoms with E-state index in [9.17, 15) is 8.78 Å². The summed E-state index contributed by atoms with van der Waals surface area (Å²) in [7, 11) is 0. The zero-order valence-corrected chi connectivity index (χ0v) is 11.5. The van der Waals surface area contributed by atoms with Crippen molar-refractivity contribution in [2.45, 2.75) is 58.0 Å². The summed E-state index contributed by atoms with van der Waals surface area (Å²) in [4.78, 5) is 0. The lowest BCUT2D eigenvalue weighted by atomic mass is 9.84. The second-order valence-corrected chi connectivity index (χ2v) is 5.61. The number of rotatable bonds is 5. The Morgan fingerprint density at radius 1 is 1.21 bits per heavy atom. The fourth-order valence-corrected chi connectivity index (χ4v) is 2.92. The lowest BCUT2D eigenvalue weighted by Gasteiger charge is -2.28. The summed E-state index contributed by atoms with van der Waals surface area (Å²) in [5.74, 6) is 0.743. The summed E-state index contributed by atoms with van der Waals surface area (Å²) in [5.41, 5.74) is 1.06. The van der Waals surface area contributed by atoms with Gasteiger partial charge in [-0.2, -0.15) is 0 Å². The van der Waals surface area contributed by atoms with Crippen LogP contribution in [-0.4, -0.2) is 6.04 Å². The van der Waals surface area contributed by atoms with Gasteiger partial charge in [-0.1, -0.05) is 37.5 Å². The standard InChI is InChI=1S/C16H23F2N/c1-12(14-7-3-2-4-8-14)19-11-13-6-5-9-15(10-13)16(17)18/h5-6,9-10,12,14,16,19H,2-4,7-8,11H2,1H3. The van der Waals surface area contributed by atoms with Crippen LogP contribution in [0.3, 0.4) is 0 Å². The van der Waals surface area contributed by atoms with Gasteiger partial charge in [0, 0.05) is 18.2 Å². The van der Waals surface area contributed by atoms with Crippen molar-refractivity contribution in [2.24, 2.45) is 5.92 Å². The number of halogens is 2. The molecule has 1 saturated carbocycles. The van der Waals surface area contributed by atoms with E-state index in [0.29, 0.717) is 12.6 Å². The predicted octanol–water partition coefficient (Wildman–Crippen LogP) is 4.68. The van der Waals surface area contributed by atoms with Gasteiger partial charge in [-0.3, -0.25) is 0 Å². The molecule has 0 saturated heterocycles. The van der Waals surface area contributed by atoms with Crippen molar-refractivity contribution in [1.29, 1.82) is 0 Å². The van der Waals surface area contributed by atoms with E-state index in [-0.39, 0.29) is 5.56 Å². The van der Waals surface area contributed by atoms with E-state index in [1.165, 1.54) is 38.2 Å². The van der Waals surface area contributed by atoms with Crippen LogP contribution in [0, 0.1) is 5.92 Å². The maximum atomic E-state index is 12.6. The average Bonchev–Trinajstić information content (AvgIpc) is 2.46. The van der Waals surface area contributed by atoms with Crippen LogP contribution in [-0.2, 0) is 6.54 Å². The molecule has 3 heteroatoms. The van der Waals surface area contributed by atoms with Gasteiger partial charge < -0.3 is 5.32 Å². The van der Waals surface area contributed by atoms with Crippen LogP contribution in [0.25, 0.3) is 0 Å².